The van der Waals surface area contributed by atoms with Gasteiger partial charge in [-0.2, -0.15) is 0 Å². The van der Waals surface area contributed by atoms with Crippen LogP contribution in [0.1, 0.15) is 32.7 Å². The minimum atomic E-state index is -1.12. The maximum Gasteiger partial charge on any atom is 0.335 e. The predicted octanol–water partition coefficient (Wildman–Crippen LogP) is 4.96. The van der Waals surface area contributed by atoms with Gasteiger partial charge in [0.25, 0.3) is 11.8 Å². The van der Waals surface area contributed by atoms with Crippen LogP contribution in [0.15, 0.2) is 102 Å². The summed E-state index contributed by atoms with van der Waals surface area (Å²) in [7, 11) is 1.48. The first-order valence-corrected chi connectivity index (χ1v) is 15.4. The number of benzene rings is 4. The van der Waals surface area contributed by atoms with Crippen LogP contribution in [0, 0.1) is 0 Å². The van der Waals surface area contributed by atoms with Gasteiger partial charge in [0.1, 0.15) is 5.70 Å². The Bertz CT molecular complexity index is 1960. The zero-order valence-electron chi connectivity index (χ0n) is 25.3. The van der Waals surface area contributed by atoms with E-state index < -0.39 is 34.8 Å². The Hall–Kier alpha value is -6.08. The van der Waals surface area contributed by atoms with Crippen LogP contribution in [0.2, 0.25) is 0 Å². The van der Waals surface area contributed by atoms with Gasteiger partial charge in [0.15, 0.2) is 11.5 Å². The fourth-order valence-electron chi connectivity index (χ4n) is 5.07. The Morgan fingerprint density at radius 1 is 0.938 bits per heavy atom. The number of methoxy groups -OCH3 is 1. The molecular weight excluding hydrogens is 638 g/mol. The molecule has 0 aromatic heterocycles. The molecule has 0 saturated carbocycles. The topological polar surface area (TPSA) is 161 Å². The summed E-state index contributed by atoms with van der Waals surface area (Å²) in [6.07, 6.45) is 1.43. The van der Waals surface area contributed by atoms with Crippen molar-refractivity contribution in [2.24, 2.45) is 0 Å². The van der Waals surface area contributed by atoms with E-state index in [9.17, 15) is 24.0 Å². The molecule has 0 unspecified atom stereocenters. The van der Waals surface area contributed by atoms with Crippen LogP contribution in [-0.4, -0.2) is 53.9 Å². The van der Waals surface area contributed by atoms with Gasteiger partial charge in [-0.3, -0.25) is 19.2 Å². The normalized spacial score (nSPS) is 15.3. The number of carboxylic acid groups (broad SMARTS) is 1. The second kappa shape index (κ2) is 13.7. The third kappa shape index (κ3) is 6.86. The molecule has 48 heavy (non-hydrogen) atoms. The van der Waals surface area contributed by atoms with Gasteiger partial charge in [-0.05, 0) is 78.4 Å². The van der Waals surface area contributed by atoms with Gasteiger partial charge in [0.2, 0.25) is 24.4 Å². The molecule has 0 bridgehead atoms. The minimum absolute atomic E-state index is 0.0177. The zero-order chi connectivity index (χ0) is 33.8. The van der Waals surface area contributed by atoms with E-state index in [2.05, 4.69) is 10.6 Å². The molecule has 0 aliphatic carbocycles. The lowest BCUT2D eigenvalue weighted by atomic mass is 10.1. The summed E-state index contributed by atoms with van der Waals surface area (Å²) in [5.74, 6) is -1.83. The molecule has 4 aromatic carbocycles. The van der Waals surface area contributed by atoms with Crippen LogP contribution in [0.3, 0.4) is 0 Å². The van der Waals surface area contributed by atoms with Crippen LogP contribution in [0.5, 0.6) is 17.2 Å². The largest absolute Gasteiger partial charge is 0.493 e. The molecule has 13 heteroatoms. The lowest BCUT2D eigenvalue weighted by Crippen LogP contribution is -2.31. The van der Waals surface area contributed by atoms with Crippen molar-refractivity contribution in [3.05, 3.63) is 113 Å². The Kier molecular flexibility index (Phi) is 9.12. The number of aromatic carboxylic acids is 1. The van der Waals surface area contributed by atoms with Crippen LogP contribution < -0.4 is 29.7 Å². The second-order valence-electron chi connectivity index (χ2n) is 10.5. The maximum absolute atomic E-state index is 13.7. The first-order valence-electron chi connectivity index (χ1n) is 14.5. The lowest BCUT2D eigenvalue weighted by molar-refractivity contribution is -0.121. The van der Waals surface area contributed by atoms with Gasteiger partial charge in [-0.15, -0.1) is 11.8 Å². The molecular formula is C35H27N3O9S. The van der Waals surface area contributed by atoms with Crippen molar-refractivity contribution in [3.8, 4) is 17.2 Å². The average molecular weight is 666 g/mol. The van der Waals surface area contributed by atoms with Crippen LogP contribution >= 0.6 is 11.8 Å². The number of carboxylic acids is 1. The number of carbonyl (C=O) groups is 5. The number of rotatable bonds is 10. The lowest BCUT2D eigenvalue weighted by Gasteiger charge is -2.15. The summed E-state index contributed by atoms with van der Waals surface area (Å²) in [6.45, 7) is 0.0177. The molecule has 3 N–H and O–H groups in total. The Morgan fingerprint density at radius 3 is 2.44 bits per heavy atom. The number of imide groups is 1. The van der Waals surface area contributed by atoms with Crippen molar-refractivity contribution >= 4 is 58.8 Å². The third-order valence-corrected chi connectivity index (χ3v) is 8.55. The number of anilines is 2. The summed E-state index contributed by atoms with van der Waals surface area (Å²) in [5, 5.41) is 13.9. The smallest absolute Gasteiger partial charge is 0.335 e. The van der Waals surface area contributed by atoms with E-state index in [4.69, 9.17) is 19.3 Å². The molecule has 2 aliphatic heterocycles. The summed E-state index contributed by atoms with van der Waals surface area (Å²) in [4.78, 5) is 65.6. The summed E-state index contributed by atoms with van der Waals surface area (Å²) in [5.41, 5.74) is 1.49. The predicted molar refractivity (Wildman–Crippen MR) is 176 cm³/mol. The highest BCUT2D eigenvalue weighted by Crippen LogP contribution is 2.42. The monoisotopic (exact) mass is 665 g/mol. The van der Waals surface area contributed by atoms with E-state index in [1.165, 1.54) is 37.5 Å². The number of hydrogen-bond donors (Lipinski definition) is 3. The molecule has 0 spiro atoms. The highest BCUT2D eigenvalue weighted by Gasteiger charge is 2.40. The van der Waals surface area contributed by atoms with Crippen molar-refractivity contribution in [3.63, 3.8) is 0 Å². The molecule has 2 aliphatic rings. The Morgan fingerprint density at radius 2 is 1.71 bits per heavy atom. The number of fused-ring (bicyclic) bond motifs is 1. The van der Waals surface area contributed by atoms with Crippen molar-refractivity contribution in [2.45, 2.75) is 16.6 Å². The number of hydrogen-bond acceptors (Lipinski definition) is 9. The van der Waals surface area contributed by atoms with Crippen molar-refractivity contribution in [1.82, 2.24) is 5.32 Å². The fraction of sp³-hybridized carbons (Fsp3) is 0.114. The van der Waals surface area contributed by atoms with Gasteiger partial charge in [0, 0.05) is 22.6 Å². The summed E-state index contributed by atoms with van der Waals surface area (Å²) >= 11 is 1.16. The summed E-state index contributed by atoms with van der Waals surface area (Å²) in [6, 6.07) is 24.0. The van der Waals surface area contributed by atoms with Gasteiger partial charge >= 0.3 is 5.97 Å². The van der Waals surface area contributed by atoms with E-state index >= 15 is 0 Å². The number of nitrogens with zero attached hydrogens (tertiary/aromatic N) is 1. The van der Waals surface area contributed by atoms with Gasteiger partial charge in [-0.25, -0.2) is 9.69 Å². The number of ether oxygens (including phenoxy) is 3. The summed E-state index contributed by atoms with van der Waals surface area (Å²) < 4.78 is 16.4. The van der Waals surface area contributed by atoms with Crippen LogP contribution in [0.25, 0.3) is 6.08 Å². The average Bonchev–Trinajstić information content (AvgIpc) is 3.67. The number of nitrogens with one attached hydrogen (secondary N) is 2. The fourth-order valence-corrected chi connectivity index (χ4v) is 6.19. The minimum Gasteiger partial charge on any atom is -0.493 e. The van der Waals surface area contributed by atoms with Crippen molar-refractivity contribution in [1.29, 1.82) is 0 Å². The van der Waals surface area contributed by atoms with Crippen LogP contribution in [0.4, 0.5) is 11.4 Å². The zero-order valence-corrected chi connectivity index (χ0v) is 26.1. The van der Waals surface area contributed by atoms with Gasteiger partial charge in [0.05, 0.1) is 23.6 Å². The maximum atomic E-state index is 13.7. The molecule has 2 heterocycles. The highest BCUT2D eigenvalue weighted by molar-refractivity contribution is 8.00. The molecule has 6 rings (SSSR count). The molecule has 242 valence electrons. The van der Waals surface area contributed by atoms with E-state index in [0.717, 1.165) is 16.7 Å². The van der Waals surface area contributed by atoms with E-state index in [0.29, 0.717) is 39.0 Å². The highest BCUT2D eigenvalue weighted by atomic mass is 32.2. The molecule has 4 aromatic rings. The van der Waals surface area contributed by atoms with Crippen molar-refractivity contribution < 1.29 is 43.3 Å². The first kappa shape index (κ1) is 31.9. The number of amides is 4. The Balaban J connectivity index is 1.21. The second-order valence-corrected chi connectivity index (χ2v) is 11.8. The van der Waals surface area contributed by atoms with E-state index in [-0.39, 0.29) is 30.2 Å². The molecule has 1 saturated heterocycles. The molecule has 1 atom stereocenters. The molecule has 0 radical (unpaired) electrons. The molecule has 4 amide bonds. The van der Waals surface area contributed by atoms with Gasteiger partial charge < -0.3 is 30.0 Å². The molecule has 1 fully saturated rings. The quantitative estimate of drug-likeness (QED) is 0.156. The van der Waals surface area contributed by atoms with Gasteiger partial charge in [-0.1, -0.05) is 24.3 Å². The third-order valence-electron chi connectivity index (χ3n) is 7.37. The number of thioether (sulfide) groups is 1. The standard InChI is InChI=1S/C35H27N3O9S/c1-45-27-15-20(16-28-31(27)47-19-46-28)14-26(37-32(40)21-6-3-2-4-7-21)33(41)36-23-8-5-9-25(17-23)48-29-18-30(39)38(34(29)42)24-12-10-22(11-13-24)35(43)44/h2-17,29H,18-19H2,1H3,(H,36,41)(H,37,40)(H,43,44)/b26-14-/t29-/m1/s1. The first-order chi connectivity index (χ1) is 23.2. The SMILES string of the molecule is COc1cc(/C=C(\NC(=O)c2ccccc2)C(=O)Nc2cccc(S[C@@H]3CC(=O)N(c4ccc(C(=O)O)cc4)C3=O)c2)cc2c1OCO2. The Labute approximate surface area is 278 Å². The molecule has 12 nitrogen and oxygen atoms in total. The number of carbonyl (C=O) groups excluding carboxylic acids is 4. The van der Waals surface area contributed by atoms with E-state index in [1.807, 2.05) is 0 Å². The van der Waals surface area contributed by atoms with E-state index in [1.54, 1.807) is 66.7 Å². The van der Waals surface area contributed by atoms with Crippen molar-refractivity contribution in [2.75, 3.05) is 24.1 Å². The van der Waals surface area contributed by atoms with Crippen LogP contribution in [-0.2, 0) is 14.4 Å².